The van der Waals surface area contributed by atoms with Crippen LogP contribution < -0.4 is 10.5 Å². The van der Waals surface area contributed by atoms with Crippen LogP contribution >= 0.6 is 34.8 Å². The second-order valence-electron chi connectivity index (χ2n) is 3.48. The highest BCUT2D eigenvalue weighted by Gasteiger charge is 2.18. The number of nitrogens with zero attached hydrogens (tertiary/aromatic N) is 3. The van der Waals surface area contributed by atoms with E-state index in [1.54, 1.807) is 0 Å². The van der Waals surface area contributed by atoms with Crippen LogP contribution in [0.5, 0.6) is 11.6 Å². The van der Waals surface area contributed by atoms with Gasteiger partial charge in [0.2, 0.25) is 5.88 Å². The van der Waals surface area contributed by atoms with Gasteiger partial charge in [-0.05, 0) is 0 Å². The summed E-state index contributed by atoms with van der Waals surface area (Å²) in [5, 5.41) is 10.5. The normalized spacial score (nSPS) is 10.3. The van der Waals surface area contributed by atoms with Gasteiger partial charge in [-0.1, -0.05) is 34.8 Å². The summed E-state index contributed by atoms with van der Waals surface area (Å²) in [4.78, 5) is 17.5. The van der Waals surface area contributed by atoms with Crippen molar-refractivity contribution in [1.29, 1.82) is 0 Å². The van der Waals surface area contributed by atoms with E-state index in [1.807, 2.05) is 0 Å². The van der Waals surface area contributed by atoms with Gasteiger partial charge in [-0.15, -0.1) is 0 Å². The largest absolute Gasteiger partial charge is 0.434 e. The Kier molecular flexibility index (Phi) is 4.12. The third-order valence-corrected chi connectivity index (χ3v) is 3.09. The van der Waals surface area contributed by atoms with Crippen LogP contribution in [0.25, 0.3) is 0 Å². The van der Waals surface area contributed by atoms with Crippen molar-refractivity contribution in [2.24, 2.45) is 0 Å². The smallest absolute Gasteiger partial charge is 0.272 e. The van der Waals surface area contributed by atoms with E-state index >= 15 is 0 Å². The van der Waals surface area contributed by atoms with E-state index in [1.165, 1.54) is 0 Å². The van der Waals surface area contributed by atoms with Gasteiger partial charge in [-0.3, -0.25) is 10.1 Å². The maximum Gasteiger partial charge on any atom is 0.272 e. The van der Waals surface area contributed by atoms with Gasteiger partial charge in [0.1, 0.15) is 17.2 Å². The van der Waals surface area contributed by atoms with E-state index in [4.69, 9.17) is 45.3 Å². The summed E-state index contributed by atoms with van der Waals surface area (Å²) in [6.07, 6.45) is 1.14. The van der Waals surface area contributed by atoms with Gasteiger partial charge >= 0.3 is 0 Å². The molecule has 2 rings (SSSR count). The highest BCUT2D eigenvalue weighted by atomic mass is 35.5. The number of benzene rings is 1. The van der Waals surface area contributed by atoms with E-state index < -0.39 is 4.92 Å². The molecule has 0 unspecified atom stereocenters. The molecule has 0 amide bonds. The minimum atomic E-state index is -0.628. The molecule has 0 spiro atoms. The van der Waals surface area contributed by atoms with Crippen molar-refractivity contribution in [3.63, 3.8) is 0 Å². The summed E-state index contributed by atoms with van der Waals surface area (Å²) in [5.41, 5.74) is 5.23. The Morgan fingerprint density at radius 1 is 1.20 bits per heavy atom. The van der Waals surface area contributed by atoms with Gasteiger partial charge in [0.15, 0.2) is 5.75 Å². The van der Waals surface area contributed by atoms with Crippen LogP contribution in [0.3, 0.4) is 0 Å². The lowest BCUT2D eigenvalue weighted by Gasteiger charge is -2.10. The number of ether oxygens (including phenoxy) is 1. The number of rotatable bonds is 3. The fourth-order valence-electron chi connectivity index (χ4n) is 1.28. The molecule has 1 heterocycles. The average molecular weight is 336 g/mol. The van der Waals surface area contributed by atoms with Crippen molar-refractivity contribution in [3.8, 4) is 11.6 Å². The molecule has 0 radical (unpaired) electrons. The second kappa shape index (κ2) is 5.66. The quantitative estimate of drug-likeness (QED) is 0.677. The van der Waals surface area contributed by atoms with Crippen molar-refractivity contribution in [3.05, 3.63) is 43.6 Å². The average Bonchev–Trinajstić information content (AvgIpc) is 2.38. The molecular formula is C10H5Cl3N4O3. The maximum atomic E-state index is 10.7. The van der Waals surface area contributed by atoms with Crippen molar-refractivity contribution in [2.75, 3.05) is 5.73 Å². The lowest BCUT2D eigenvalue weighted by Crippen LogP contribution is -1.97. The van der Waals surface area contributed by atoms with Crippen molar-refractivity contribution < 1.29 is 9.66 Å². The number of nitro benzene ring substituents is 1. The number of hydrogen-bond acceptors (Lipinski definition) is 6. The first kappa shape index (κ1) is 14.6. The number of aromatic nitrogens is 2. The fourth-order valence-corrected chi connectivity index (χ4v) is 1.97. The third kappa shape index (κ3) is 2.84. The zero-order chi connectivity index (χ0) is 14.9. The molecule has 2 N–H and O–H groups in total. The van der Waals surface area contributed by atoms with Gasteiger partial charge in [-0.2, -0.15) is 4.98 Å². The van der Waals surface area contributed by atoms with E-state index in [2.05, 4.69) is 9.97 Å². The van der Waals surface area contributed by atoms with Crippen LogP contribution in [-0.4, -0.2) is 14.9 Å². The molecule has 1 aromatic heterocycles. The Bertz CT molecular complexity index is 672. The van der Waals surface area contributed by atoms with Crippen molar-refractivity contribution in [1.82, 2.24) is 9.97 Å². The Labute approximate surface area is 127 Å². The molecule has 0 aliphatic carbocycles. The van der Waals surface area contributed by atoms with Gasteiger partial charge < -0.3 is 10.5 Å². The van der Waals surface area contributed by atoms with Crippen LogP contribution in [0.1, 0.15) is 0 Å². The van der Waals surface area contributed by atoms with E-state index in [9.17, 15) is 10.1 Å². The number of non-ortho nitro benzene ring substituents is 1. The van der Waals surface area contributed by atoms with Gasteiger partial charge in [0.05, 0.1) is 15.0 Å². The Hall–Kier alpha value is -1.83. The number of nitro groups is 1. The number of hydrogen-bond donors (Lipinski definition) is 1. The first-order valence-corrected chi connectivity index (χ1v) is 6.10. The molecule has 0 aliphatic rings. The van der Waals surface area contributed by atoms with Gasteiger partial charge in [0, 0.05) is 12.1 Å². The van der Waals surface area contributed by atoms with Crippen LogP contribution in [-0.2, 0) is 0 Å². The zero-order valence-corrected chi connectivity index (χ0v) is 11.8. The summed E-state index contributed by atoms with van der Waals surface area (Å²) >= 11 is 17.6. The molecule has 0 saturated heterocycles. The molecule has 10 heteroatoms. The van der Waals surface area contributed by atoms with E-state index in [0.717, 1.165) is 18.5 Å². The minimum absolute atomic E-state index is 0.0149. The number of halogens is 3. The highest BCUT2D eigenvalue weighted by molar-refractivity contribution is 6.37. The highest BCUT2D eigenvalue weighted by Crippen LogP contribution is 2.40. The molecule has 7 nitrogen and oxygen atoms in total. The molecule has 0 saturated carbocycles. The molecule has 0 atom stereocenters. The lowest BCUT2D eigenvalue weighted by molar-refractivity contribution is -0.384. The maximum absolute atomic E-state index is 10.7. The number of nitrogen functional groups attached to an aromatic ring is 1. The summed E-state index contributed by atoms with van der Waals surface area (Å²) < 4.78 is 5.34. The third-order valence-electron chi connectivity index (χ3n) is 2.18. The van der Waals surface area contributed by atoms with Gasteiger partial charge in [0.25, 0.3) is 5.69 Å². The Balaban J connectivity index is 2.44. The molecule has 20 heavy (non-hydrogen) atoms. The summed E-state index contributed by atoms with van der Waals surface area (Å²) in [7, 11) is 0. The van der Waals surface area contributed by atoms with Crippen LogP contribution in [0, 0.1) is 10.1 Å². The molecule has 104 valence electrons. The predicted molar refractivity (Wildman–Crippen MR) is 74.6 cm³/mol. The monoisotopic (exact) mass is 334 g/mol. The SMILES string of the molecule is Nc1ncnc(Oc2c(Cl)cc([N+](=O)[O-])cc2Cl)c1Cl. The van der Waals surface area contributed by atoms with Crippen LogP contribution in [0.4, 0.5) is 11.5 Å². The molecule has 0 bridgehead atoms. The number of nitrogens with two attached hydrogens (primary N) is 1. The lowest BCUT2D eigenvalue weighted by atomic mass is 10.3. The fraction of sp³-hybridized carbons (Fsp3) is 0. The molecule has 0 fully saturated rings. The number of anilines is 1. The standard InChI is InChI=1S/C10H5Cl3N4O3/c11-5-1-4(17(18)19)2-6(12)8(5)20-10-7(13)9(14)15-3-16-10/h1-3H,(H2,14,15,16). The summed E-state index contributed by atoms with van der Waals surface area (Å²) in [6, 6.07) is 2.20. The minimum Gasteiger partial charge on any atom is -0.434 e. The summed E-state index contributed by atoms with van der Waals surface area (Å²) in [5.74, 6) is -0.0541. The van der Waals surface area contributed by atoms with Crippen molar-refractivity contribution >= 4 is 46.3 Å². The summed E-state index contributed by atoms with van der Waals surface area (Å²) in [6.45, 7) is 0. The van der Waals surface area contributed by atoms with Crippen LogP contribution in [0.15, 0.2) is 18.5 Å². The molecular weight excluding hydrogens is 330 g/mol. The first-order chi connectivity index (χ1) is 9.40. The Morgan fingerprint density at radius 2 is 1.80 bits per heavy atom. The molecule has 1 aromatic carbocycles. The predicted octanol–water partition coefficient (Wildman–Crippen LogP) is 3.72. The first-order valence-electron chi connectivity index (χ1n) is 4.97. The van der Waals surface area contributed by atoms with Crippen molar-refractivity contribution in [2.45, 2.75) is 0 Å². The molecule has 0 aliphatic heterocycles. The van der Waals surface area contributed by atoms with Gasteiger partial charge in [-0.25, -0.2) is 4.98 Å². The topological polar surface area (TPSA) is 104 Å². The zero-order valence-electron chi connectivity index (χ0n) is 9.51. The van der Waals surface area contributed by atoms with E-state index in [-0.39, 0.29) is 38.2 Å². The Morgan fingerprint density at radius 3 is 2.35 bits per heavy atom. The second-order valence-corrected chi connectivity index (χ2v) is 4.67. The van der Waals surface area contributed by atoms with E-state index in [0.29, 0.717) is 0 Å². The van der Waals surface area contributed by atoms with Crippen LogP contribution in [0.2, 0.25) is 15.1 Å². The molecule has 2 aromatic rings.